The van der Waals surface area contributed by atoms with E-state index in [1.807, 2.05) is 30.3 Å². The minimum Gasteiger partial charge on any atom is -0.471 e. The lowest BCUT2D eigenvalue weighted by Crippen LogP contribution is -2.06. The lowest BCUT2D eigenvalue weighted by molar-refractivity contribution is 0.289. The zero-order valence-corrected chi connectivity index (χ0v) is 15.7. The summed E-state index contributed by atoms with van der Waals surface area (Å²) in [6, 6.07) is 14.5. The van der Waals surface area contributed by atoms with E-state index in [1.165, 1.54) is 4.68 Å². The molecule has 8 heteroatoms. The highest BCUT2D eigenvalue weighted by Crippen LogP contribution is 2.27. The number of benzene rings is 2. The van der Waals surface area contributed by atoms with Crippen molar-refractivity contribution < 1.29 is 4.74 Å². The van der Waals surface area contributed by atoms with Gasteiger partial charge in [-0.3, -0.25) is 0 Å². The molecule has 0 unspecified atom stereocenters. The van der Waals surface area contributed by atoms with Crippen molar-refractivity contribution in [3.8, 4) is 11.9 Å². The van der Waals surface area contributed by atoms with Crippen molar-refractivity contribution in [3.05, 3.63) is 74.2 Å². The molecule has 2 N–H and O–H groups in total. The van der Waals surface area contributed by atoms with E-state index in [1.54, 1.807) is 18.2 Å². The van der Waals surface area contributed by atoms with Gasteiger partial charge in [0.25, 0.3) is 5.88 Å². The second-order valence-corrected chi connectivity index (χ2v) is 6.68. The summed E-state index contributed by atoms with van der Waals surface area (Å²) < 4.78 is 7.16. The quantitative estimate of drug-likeness (QED) is 0.651. The molecule has 0 fully saturated rings. The molecule has 0 saturated carbocycles. The number of halogens is 3. The van der Waals surface area contributed by atoms with Crippen LogP contribution in [-0.4, -0.2) is 9.78 Å². The maximum absolute atomic E-state index is 9.38. The predicted octanol–water partition coefficient (Wildman–Crippen LogP) is 4.92. The molecule has 132 valence electrons. The summed E-state index contributed by atoms with van der Waals surface area (Å²) in [7, 11) is 0. The molecule has 0 amide bonds. The second kappa shape index (κ2) is 7.88. The van der Waals surface area contributed by atoms with Crippen molar-refractivity contribution in [2.75, 3.05) is 5.73 Å². The highest BCUT2D eigenvalue weighted by molar-refractivity contribution is 6.42. The molecule has 1 aromatic heterocycles. The van der Waals surface area contributed by atoms with Crippen LogP contribution in [0.3, 0.4) is 0 Å². The summed E-state index contributed by atoms with van der Waals surface area (Å²) in [5.41, 5.74) is 7.85. The maximum Gasteiger partial charge on any atom is 0.253 e. The number of aromatic nitrogens is 2. The van der Waals surface area contributed by atoms with Gasteiger partial charge >= 0.3 is 0 Å². The third-order valence-corrected chi connectivity index (χ3v) is 4.82. The van der Waals surface area contributed by atoms with E-state index in [4.69, 9.17) is 45.3 Å². The molecule has 26 heavy (non-hydrogen) atoms. The van der Waals surface area contributed by atoms with Gasteiger partial charge in [-0.2, -0.15) is 5.26 Å². The molecular formula is C18H13Cl3N4O. The van der Waals surface area contributed by atoms with Gasteiger partial charge in [0.2, 0.25) is 0 Å². The fourth-order valence-corrected chi connectivity index (χ4v) is 2.86. The topological polar surface area (TPSA) is 76.9 Å². The van der Waals surface area contributed by atoms with E-state index >= 15 is 0 Å². The summed E-state index contributed by atoms with van der Waals surface area (Å²) in [5, 5.41) is 15.2. The molecule has 1 heterocycles. The van der Waals surface area contributed by atoms with E-state index in [0.717, 1.165) is 11.1 Å². The van der Waals surface area contributed by atoms with Crippen molar-refractivity contribution in [2.45, 2.75) is 13.2 Å². The van der Waals surface area contributed by atoms with Gasteiger partial charge < -0.3 is 10.5 Å². The molecule has 0 aliphatic carbocycles. The fourth-order valence-electron chi connectivity index (χ4n) is 2.35. The fraction of sp³-hybridized carbons (Fsp3) is 0.111. The van der Waals surface area contributed by atoms with Crippen molar-refractivity contribution in [1.29, 1.82) is 5.26 Å². The zero-order valence-electron chi connectivity index (χ0n) is 13.4. The Morgan fingerprint density at radius 2 is 1.85 bits per heavy atom. The van der Waals surface area contributed by atoms with Crippen LogP contribution in [0.1, 0.15) is 16.7 Å². The molecule has 5 nitrogen and oxygen atoms in total. The number of anilines is 1. The molecular weight excluding hydrogens is 395 g/mol. The van der Waals surface area contributed by atoms with Crippen LogP contribution in [0, 0.1) is 11.3 Å². The van der Waals surface area contributed by atoms with E-state index in [0.29, 0.717) is 21.6 Å². The average Bonchev–Trinajstić information content (AvgIpc) is 2.92. The monoisotopic (exact) mass is 406 g/mol. The first-order chi connectivity index (χ1) is 12.5. The van der Waals surface area contributed by atoms with E-state index in [2.05, 4.69) is 5.10 Å². The summed E-state index contributed by atoms with van der Waals surface area (Å²) >= 11 is 18.1. The number of hydrogen-bond donors (Lipinski definition) is 1. The minimum atomic E-state index is 0.157. The molecule has 0 aliphatic heterocycles. The molecule has 0 bridgehead atoms. The van der Waals surface area contributed by atoms with Gasteiger partial charge in [-0.1, -0.05) is 59.1 Å². The number of hydrogen-bond acceptors (Lipinski definition) is 4. The Hall–Kier alpha value is -2.39. The summed E-state index contributed by atoms with van der Waals surface area (Å²) in [5.74, 6) is 0.373. The zero-order chi connectivity index (χ0) is 18.7. The first-order valence-corrected chi connectivity index (χ1v) is 8.69. The predicted molar refractivity (Wildman–Crippen MR) is 103 cm³/mol. The first kappa shape index (κ1) is 18.4. The Balaban J connectivity index is 1.83. The van der Waals surface area contributed by atoms with Gasteiger partial charge in [0.15, 0.2) is 5.56 Å². The van der Waals surface area contributed by atoms with Gasteiger partial charge in [-0.15, -0.1) is 5.10 Å². The smallest absolute Gasteiger partial charge is 0.253 e. The Kier molecular flexibility index (Phi) is 5.58. The number of ether oxygens (including phenoxy) is 1. The summed E-state index contributed by atoms with van der Waals surface area (Å²) in [4.78, 5) is 0. The average molecular weight is 408 g/mol. The number of rotatable bonds is 5. The van der Waals surface area contributed by atoms with Crippen molar-refractivity contribution in [1.82, 2.24) is 9.78 Å². The van der Waals surface area contributed by atoms with Crippen molar-refractivity contribution >= 4 is 40.6 Å². The lowest BCUT2D eigenvalue weighted by Gasteiger charge is -2.06. The van der Waals surface area contributed by atoms with Crippen molar-refractivity contribution in [3.63, 3.8) is 0 Å². The van der Waals surface area contributed by atoms with Gasteiger partial charge in [-0.25, -0.2) is 4.68 Å². The van der Waals surface area contributed by atoms with E-state index < -0.39 is 0 Å². The third kappa shape index (κ3) is 3.88. The number of nitrogens with two attached hydrogens (primary N) is 1. The molecule has 0 aliphatic rings. The lowest BCUT2D eigenvalue weighted by atomic mass is 10.2. The van der Waals surface area contributed by atoms with Gasteiger partial charge in [0, 0.05) is 10.6 Å². The molecule has 3 aromatic rings. The minimum absolute atomic E-state index is 0.157. The standard InChI is InChI=1S/C18H13Cl3N4O/c19-14-4-2-1-3-12(14)10-26-18-13(8-22)17(23)25(24-18)9-11-5-6-15(20)16(21)7-11/h1-7H,9-10,23H2. The van der Waals surface area contributed by atoms with Gasteiger partial charge in [0.05, 0.1) is 16.6 Å². The maximum atomic E-state index is 9.38. The van der Waals surface area contributed by atoms with E-state index in [-0.39, 0.29) is 23.9 Å². The highest BCUT2D eigenvalue weighted by atomic mass is 35.5. The number of nitrogens with zero attached hydrogens (tertiary/aromatic N) is 3. The van der Waals surface area contributed by atoms with E-state index in [9.17, 15) is 5.26 Å². The SMILES string of the molecule is N#Cc1c(OCc2ccccc2Cl)nn(Cc2ccc(Cl)c(Cl)c2)c1N. The largest absolute Gasteiger partial charge is 0.471 e. The second-order valence-electron chi connectivity index (χ2n) is 5.46. The Morgan fingerprint density at radius 1 is 1.08 bits per heavy atom. The van der Waals surface area contributed by atoms with Crippen LogP contribution >= 0.6 is 34.8 Å². The van der Waals surface area contributed by atoms with Crippen molar-refractivity contribution in [2.24, 2.45) is 0 Å². The molecule has 0 radical (unpaired) electrons. The van der Waals surface area contributed by atoms with Crippen LogP contribution in [-0.2, 0) is 13.2 Å². The van der Waals surface area contributed by atoms with Gasteiger partial charge in [0.1, 0.15) is 18.5 Å². The van der Waals surface area contributed by atoms with Crippen LogP contribution in [0.15, 0.2) is 42.5 Å². The summed E-state index contributed by atoms with van der Waals surface area (Å²) in [6.07, 6.45) is 0. The van der Waals surface area contributed by atoms with Crippen LogP contribution in [0.25, 0.3) is 0 Å². The molecule has 3 rings (SSSR count). The first-order valence-electron chi connectivity index (χ1n) is 7.56. The summed E-state index contributed by atoms with van der Waals surface area (Å²) in [6.45, 7) is 0.504. The Bertz CT molecular complexity index is 995. The Morgan fingerprint density at radius 3 is 2.54 bits per heavy atom. The molecule has 0 spiro atoms. The number of nitrogen functional groups attached to an aromatic ring is 1. The molecule has 2 aromatic carbocycles. The van der Waals surface area contributed by atoms with Gasteiger partial charge in [-0.05, 0) is 23.8 Å². The van der Waals surface area contributed by atoms with Crippen LogP contribution < -0.4 is 10.5 Å². The molecule has 0 atom stereocenters. The van der Waals surface area contributed by atoms with Crippen LogP contribution in [0.5, 0.6) is 5.88 Å². The van der Waals surface area contributed by atoms with Crippen LogP contribution in [0.2, 0.25) is 15.1 Å². The Labute approximate surface area is 165 Å². The highest BCUT2D eigenvalue weighted by Gasteiger charge is 2.18. The third-order valence-electron chi connectivity index (χ3n) is 3.71. The van der Waals surface area contributed by atoms with Crippen LogP contribution in [0.4, 0.5) is 5.82 Å². The number of nitriles is 1. The molecule has 0 saturated heterocycles. The normalized spacial score (nSPS) is 10.5.